The van der Waals surface area contributed by atoms with Crippen molar-refractivity contribution in [3.8, 4) is 11.5 Å². The highest BCUT2D eigenvalue weighted by Crippen LogP contribution is 2.32. The van der Waals surface area contributed by atoms with Crippen molar-refractivity contribution in [2.75, 3.05) is 25.1 Å². The van der Waals surface area contributed by atoms with Crippen LogP contribution in [0.25, 0.3) is 0 Å². The van der Waals surface area contributed by atoms with Crippen LogP contribution < -0.4 is 20.1 Å². The van der Waals surface area contributed by atoms with Crippen LogP contribution in [0.5, 0.6) is 11.5 Å². The monoisotopic (exact) mass is 566 g/mol. The first-order valence-corrected chi connectivity index (χ1v) is 10.8. The molecule has 1 aliphatic heterocycles. The molecule has 0 amide bonds. The predicted octanol–water partition coefficient (Wildman–Crippen LogP) is 4.02. The number of ether oxygens (including phenoxy) is 2. The van der Waals surface area contributed by atoms with Gasteiger partial charge in [-0.3, -0.25) is 0 Å². The lowest BCUT2D eigenvalue weighted by atomic mass is 10.1. The molecular formula is C23H28FIN6O2. The fourth-order valence-corrected chi connectivity index (χ4v) is 3.35. The molecular weight excluding hydrogens is 538 g/mol. The van der Waals surface area contributed by atoms with Crippen LogP contribution in [0.15, 0.2) is 53.8 Å². The number of hydrogen-bond acceptors (Lipinski definition) is 5. The SMILES string of the molecule is CCn1cnnc1CN=C(NCCc1cccc(F)c1)Nc1ccc2c(c1)OCCCO2.I. The van der Waals surface area contributed by atoms with E-state index >= 15 is 0 Å². The van der Waals surface area contributed by atoms with Crippen LogP contribution in [0.2, 0.25) is 0 Å². The second-order valence-corrected chi connectivity index (χ2v) is 7.34. The van der Waals surface area contributed by atoms with Crippen molar-refractivity contribution in [2.24, 2.45) is 4.99 Å². The average Bonchev–Trinajstić information content (AvgIpc) is 3.13. The lowest BCUT2D eigenvalue weighted by Crippen LogP contribution is -2.32. The smallest absolute Gasteiger partial charge is 0.196 e. The van der Waals surface area contributed by atoms with Gasteiger partial charge >= 0.3 is 0 Å². The van der Waals surface area contributed by atoms with Gasteiger partial charge in [-0.25, -0.2) is 9.38 Å². The summed E-state index contributed by atoms with van der Waals surface area (Å²) in [6.45, 7) is 5.02. The van der Waals surface area contributed by atoms with Crippen molar-refractivity contribution < 1.29 is 13.9 Å². The molecule has 0 saturated carbocycles. The molecule has 0 fully saturated rings. The number of halogens is 2. The molecule has 33 heavy (non-hydrogen) atoms. The summed E-state index contributed by atoms with van der Waals surface area (Å²) in [5.74, 6) is 2.57. The molecule has 0 saturated heterocycles. The molecule has 2 heterocycles. The van der Waals surface area contributed by atoms with Crippen molar-refractivity contribution in [1.82, 2.24) is 20.1 Å². The van der Waals surface area contributed by atoms with Gasteiger partial charge < -0.3 is 24.7 Å². The Kier molecular flexibility index (Phi) is 9.28. The number of aliphatic imine (C=N–C) groups is 1. The minimum absolute atomic E-state index is 0. The number of nitrogens with one attached hydrogen (secondary N) is 2. The van der Waals surface area contributed by atoms with Crippen LogP contribution in [0, 0.1) is 5.82 Å². The number of fused-ring (bicyclic) bond motifs is 1. The minimum Gasteiger partial charge on any atom is -0.490 e. The Morgan fingerprint density at radius 1 is 1.15 bits per heavy atom. The molecule has 1 aliphatic rings. The van der Waals surface area contributed by atoms with E-state index in [0.29, 0.717) is 44.4 Å². The van der Waals surface area contributed by atoms with Gasteiger partial charge in [0, 0.05) is 31.3 Å². The largest absolute Gasteiger partial charge is 0.490 e. The van der Waals surface area contributed by atoms with E-state index in [1.807, 2.05) is 35.8 Å². The molecule has 2 aromatic carbocycles. The lowest BCUT2D eigenvalue weighted by Gasteiger charge is -2.15. The van der Waals surface area contributed by atoms with Crippen LogP contribution in [0.4, 0.5) is 10.1 Å². The molecule has 0 unspecified atom stereocenters. The summed E-state index contributed by atoms with van der Waals surface area (Å²) in [6, 6.07) is 12.3. The molecule has 0 aliphatic carbocycles. The Balaban J connectivity index is 0.00000306. The summed E-state index contributed by atoms with van der Waals surface area (Å²) in [6.07, 6.45) is 3.20. The van der Waals surface area contributed by atoms with Gasteiger partial charge in [-0.2, -0.15) is 0 Å². The van der Waals surface area contributed by atoms with Gasteiger partial charge in [0.15, 0.2) is 23.3 Å². The highest BCUT2D eigenvalue weighted by molar-refractivity contribution is 14.0. The normalized spacial score (nSPS) is 13.1. The van der Waals surface area contributed by atoms with Crippen LogP contribution in [0.3, 0.4) is 0 Å². The highest BCUT2D eigenvalue weighted by atomic mass is 127. The molecule has 1 aromatic heterocycles. The number of nitrogens with zero attached hydrogens (tertiary/aromatic N) is 4. The first-order valence-electron chi connectivity index (χ1n) is 10.8. The number of hydrogen-bond donors (Lipinski definition) is 2. The Hall–Kier alpha value is -2.89. The maximum atomic E-state index is 13.5. The third kappa shape index (κ3) is 7.04. The Labute approximate surface area is 209 Å². The second-order valence-electron chi connectivity index (χ2n) is 7.34. The molecule has 10 heteroatoms. The first-order chi connectivity index (χ1) is 15.7. The third-order valence-electron chi connectivity index (χ3n) is 5.02. The summed E-state index contributed by atoms with van der Waals surface area (Å²) in [4.78, 5) is 4.67. The van der Waals surface area contributed by atoms with Gasteiger partial charge in [-0.1, -0.05) is 12.1 Å². The summed E-state index contributed by atoms with van der Waals surface area (Å²) in [7, 11) is 0. The van der Waals surface area contributed by atoms with E-state index in [2.05, 4.69) is 25.8 Å². The Morgan fingerprint density at radius 3 is 2.82 bits per heavy atom. The first kappa shape index (κ1) is 24.7. The molecule has 176 valence electrons. The van der Waals surface area contributed by atoms with Gasteiger partial charge in [0.05, 0.1) is 13.2 Å². The molecule has 0 atom stereocenters. The van der Waals surface area contributed by atoms with Gasteiger partial charge in [-0.15, -0.1) is 34.2 Å². The number of aryl methyl sites for hydroxylation is 1. The fourth-order valence-electron chi connectivity index (χ4n) is 3.35. The van der Waals surface area contributed by atoms with Crippen LogP contribution in [0.1, 0.15) is 24.7 Å². The molecule has 3 aromatic rings. The number of anilines is 1. The van der Waals surface area contributed by atoms with Crippen molar-refractivity contribution in [2.45, 2.75) is 32.9 Å². The zero-order chi connectivity index (χ0) is 22.2. The quantitative estimate of drug-likeness (QED) is 0.256. The average molecular weight is 566 g/mol. The van der Waals surface area contributed by atoms with E-state index in [0.717, 1.165) is 35.8 Å². The minimum atomic E-state index is -0.236. The van der Waals surface area contributed by atoms with Crippen LogP contribution in [-0.4, -0.2) is 40.5 Å². The molecule has 4 rings (SSSR count). The van der Waals surface area contributed by atoms with Gasteiger partial charge in [-0.05, 0) is 43.2 Å². The number of benzene rings is 2. The van der Waals surface area contributed by atoms with E-state index in [-0.39, 0.29) is 29.8 Å². The number of rotatable bonds is 7. The summed E-state index contributed by atoms with van der Waals surface area (Å²) in [5.41, 5.74) is 1.74. The zero-order valence-electron chi connectivity index (χ0n) is 18.5. The fraction of sp³-hybridized carbons (Fsp3) is 0.348. The van der Waals surface area contributed by atoms with Gasteiger partial charge in [0.25, 0.3) is 0 Å². The Bertz CT molecular complexity index is 1070. The molecule has 8 nitrogen and oxygen atoms in total. The Morgan fingerprint density at radius 2 is 2.00 bits per heavy atom. The van der Waals surface area contributed by atoms with Crippen molar-refractivity contribution in [3.63, 3.8) is 0 Å². The summed E-state index contributed by atoms with van der Waals surface area (Å²) in [5, 5.41) is 14.7. The molecule has 0 radical (unpaired) electrons. The van der Waals surface area contributed by atoms with E-state index in [4.69, 9.17) is 9.47 Å². The van der Waals surface area contributed by atoms with Crippen LogP contribution >= 0.6 is 24.0 Å². The topological polar surface area (TPSA) is 85.6 Å². The maximum absolute atomic E-state index is 13.5. The summed E-state index contributed by atoms with van der Waals surface area (Å²) < 4.78 is 26.9. The molecule has 2 N–H and O–H groups in total. The van der Waals surface area contributed by atoms with Crippen molar-refractivity contribution in [3.05, 3.63) is 66.0 Å². The van der Waals surface area contributed by atoms with E-state index in [9.17, 15) is 4.39 Å². The maximum Gasteiger partial charge on any atom is 0.196 e. The number of aromatic nitrogens is 3. The van der Waals surface area contributed by atoms with Crippen LogP contribution in [-0.2, 0) is 19.5 Å². The third-order valence-corrected chi connectivity index (χ3v) is 5.02. The van der Waals surface area contributed by atoms with Crippen molar-refractivity contribution >= 4 is 35.6 Å². The van der Waals surface area contributed by atoms with Crippen molar-refractivity contribution in [1.29, 1.82) is 0 Å². The van der Waals surface area contributed by atoms with Gasteiger partial charge in [0.1, 0.15) is 18.7 Å². The standard InChI is InChI=1S/C23H27FN6O2.HI/c1-2-30-16-27-29-22(30)15-26-23(25-10-9-17-5-3-6-18(24)13-17)28-19-7-8-20-21(14-19)32-12-4-11-31-20;/h3,5-8,13-14,16H,2,4,9-12,15H2,1H3,(H2,25,26,28);1H. The second kappa shape index (κ2) is 12.4. The highest BCUT2D eigenvalue weighted by Gasteiger charge is 2.12. The molecule has 0 spiro atoms. The van der Waals surface area contributed by atoms with E-state index in [1.54, 1.807) is 18.5 Å². The number of guanidine groups is 1. The van der Waals surface area contributed by atoms with E-state index in [1.165, 1.54) is 6.07 Å². The van der Waals surface area contributed by atoms with E-state index < -0.39 is 0 Å². The molecule has 0 bridgehead atoms. The van der Waals surface area contributed by atoms with Gasteiger partial charge in [0.2, 0.25) is 0 Å². The predicted molar refractivity (Wildman–Crippen MR) is 136 cm³/mol. The zero-order valence-corrected chi connectivity index (χ0v) is 20.8. The summed E-state index contributed by atoms with van der Waals surface area (Å²) >= 11 is 0. The lowest BCUT2D eigenvalue weighted by molar-refractivity contribution is 0.297.